The van der Waals surface area contributed by atoms with Gasteiger partial charge in [-0.3, -0.25) is 9.59 Å². The number of hydrogen-bond acceptors (Lipinski definition) is 8. The Balaban J connectivity index is 2.01. The first-order chi connectivity index (χ1) is 15.2. The van der Waals surface area contributed by atoms with Crippen LogP contribution < -0.4 is 0 Å². The molecule has 4 rings (SSSR count). The number of carbonyl (C=O) groups is 2. The first-order valence-electron chi connectivity index (χ1n) is 12.0. The molecule has 1 spiro atoms. The molecule has 8 nitrogen and oxygen atoms in total. The summed E-state index contributed by atoms with van der Waals surface area (Å²) < 4.78 is 11.7. The van der Waals surface area contributed by atoms with Crippen LogP contribution in [-0.2, 0) is 19.1 Å². The summed E-state index contributed by atoms with van der Waals surface area (Å²) in [6.45, 7) is 12.3. The third-order valence-corrected chi connectivity index (χ3v) is 9.64. The molecular weight excluding hydrogens is 428 g/mol. The van der Waals surface area contributed by atoms with Crippen LogP contribution >= 0.6 is 0 Å². The Morgan fingerprint density at radius 1 is 1.06 bits per heavy atom. The van der Waals surface area contributed by atoms with E-state index in [2.05, 4.69) is 6.58 Å². The Kier molecular flexibility index (Phi) is 5.61. The predicted molar refractivity (Wildman–Crippen MR) is 118 cm³/mol. The van der Waals surface area contributed by atoms with E-state index in [1.165, 1.54) is 6.92 Å². The normalized spacial score (nSPS) is 50.2. The zero-order chi connectivity index (χ0) is 24.7. The van der Waals surface area contributed by atoms with Gasteiger partial charge in [0.05, 0.1) is 17.8 Å². The number of carbonyl (C=O) groups excluding carboxylic acids is 2. The summed E-state index contributed by atoms with van der Waals surface area (Å²) in [6.07, 6.45) is -3.05. The van der Waals surface area contributed by atoms with Crippen LogP contribution in [0, 0.1) is 28.6 Å². The van der Waals surface area contributed by atoms with Gasteiger partial charge in [0.2, 0.25) is 0 Å². The number of esters is 2. The number of ether oxygens (including phenoxy) is 2. The molecule has 8 heteroatoms. The SMILES string of the molecule is C=C1C2CCC3C(O)C2(CC3(C)O)C(OC(=O)CC)C(OC(C)=O)C2(O)C1CC(O)C2(C)C. The van der Waals surface area contributed by atoms with Crippen molar-refractivity contribution in [2.24, 2.45) is 28.6 Å². The highest BCUT2D eigenvalue weighted by molar-refractivity contribution is 5.70. The van der Waals surface area contributed by atoms with E-state index >= 15 is 0 Å². The van der Waals surface area contributed by atoms with Crippen LogP contribution in [0.3, 0.4) is 0 Å². The van der Waals surface area contributed by atoms with E-state index in [9.17, 15) is 30.0 Å². The molecule has 10 unspecified atom stereocenters. The summed E-state index contributed by atoms with van der Waals surface area (Å²) in [4.78, 5) is 25.0. The van der Waals surface area contributed by atoms with Crippen LogP contribution in [0.2, 0.25) is 0 Å². The lowest BCUT2D eigenvalue weighted by molar-refractivity contribution is -0.240. The Morgan fingerprint density at radius 2 is 1.70 bits per heavy atom. The molecule has 4 aliphatic rings. The number of aliphatic hydroxyl groups is 4. The molecule has 0 heterocycles. The minimum Gasteiger partial charge on any atom is -0.458 e. The summed E-state index contributed by atoms with van der Waals surface area (Å²) in [5, 5.41) is 46.3. The maximum absolute atomic E-state index is 12.7. The average molecular weight is 467 g/mol. The number of fused-ring (bicyclic) bond motifs is 2. The van der Waals surface area contributed by atoms with Gasteiger partial charge in [-0.1, -0.05) is 32.9 Å². The second kappa shape index (κ2) is 7.51. The van der Waals surface area contributed by atoms with Gasteiger partial charge in [-0.25, -0.2) is 0 Å². The minimum atomic E-state index is -1.80. The summed E-state index contributed by atoms with van der Waals surface area (Å²) in [5.74, 6) is -2.73. The van der Waals surface area contributed by atoms with Crippen LogP contribution in [0.15, 0.2) is 12.2 Å². The van der Waals surface area contributed by atoms with Crippen LogP contribution in [-0.4, -0.2) is 68.0 Å². The molecule has 186 valence electrons. The topological polar surface area (TPSA) is 134 Å². The first kappa shape index (κ1) is 24.6. The third-order valence-electron chi connectivity index (χ3n) is 9.64. The van der Waals surface area contributed by atoms with E-state index in [-0.39, 0.29) is 19.3 Å². The van der Waals surface area contributed by atoms with Gasteiger partial charge in [-0.15, -0.1) is 0 Å². The van der Waals surface area contributed by atoms with Gasteiger partial charge in [0.1, 0.15) is 5.60 Å². The zero-order valence-corrected chi connectivity index (χ0v) is 20.2. The fourth-order valence-electron chi connectivity index (χ4n) is 7.88. The molecule has 10 atom stereocenters. The van der Waals surface area contributed by atoms with Crippen molar-refractivity contribution < 1.29 is 39.5 Å². The van der Waals surface area contributed by atoms with Crippen molar-refractivity contribution in [3.63, 3.8) is 0 Å². The van der Waals surface area contributed by atoms with Gasteiger partial charge in [-0.05, 0) is 38.5 Å². The van der Waals surface area contributed by atoms with Crippen LogP contribution in [0.1, 0.15) is 66.7 Å². The number of hydrogen-bond donors (Lipinski definition) is 4. The Morgan fingerprint density at radius 3 is 2.27 bits per heavy atom. The van der Waals surface area contributed by atoms with Crippen LogP contribution in [0.5, 0.6) is 0 Å². The Hall–Kier alpha value is -1.48. The molecule has 4 aliphatic carbocycles. The van der Waals surface area contributed by atoms with E-state index in [0.29, 0.717) is 18.4 Å². The molecule has 0 aromatic heterocycles. The third kappa shape index (κ3) is 3.03. The molecule has 0 saturated heterocycles. The highest BCUT2D eigenvalue weighted by Gasteiger charge is 2.77. The summed E-state index contributed by atoms with van der Waals surface area (Å²) >= 11 is 0. The quantitative estimate of drug-likeness (QED) is 0.363. The second-order valence-electron chi connectivity index (χ2n) is 11.5. The van der Waals surface area contributed by atoms with Gasteiger partial charge in [0, 0.05) is 36.0 Å². The molecule has 2 bridgehead atoms. The molecule has 0 radical (unpaired) electrons. The van der Waals surface area contributed by atoms with Gasteiger partial charge in [0.15, 0.2) is 12.2 Å². The van der Waals surface area contributed by atoms with Gasteiger partial charge in [-0.2, -0.15) is 0 Å². The van der Waals surface area contributed by atoms with Crippen molar-refractivity contribution in [2.45, 2.75) is 102 Å². The van der Waals surface area contributed by atoms with E-state index < -0.39 is 76.1 Å². The molecule has 0 aromatic carbocycles. The number of aliphatic hydroxyl groups excluding tert-OH is 2. The van der Waals surface area contributed by atoms with Crippen molar-refractivity contribution in [1.29, 1.82) is 0 Å². The summed E-state index contributed by atoms with van der Waals surface area (Å²) in [7, 11) is 0. The smallest absolute Gasteiger partial charge is 0.305 e. The molecular formula is C25H38O8. The lowest BCUT2D eigenvalue weighted by Crippen LogP contribution is -2.65. The summed E-state index contributed by atoms with van der Waals surface area (Å²) in [5.41, 5.74) is -4.71. The largest absolute Gasteiger partial charge is 0.458 e. The van der Waals surface area contributed by atoms with E-state index in [0.717, 1.165) is 0 Å². The second-order valence-corrected chi connectivity index (χ2v) is 11.5. The Bertz CT molecular complexity index is 864. The predicted octanol–water partition coefficient (Wildman–Crippen LogP) is 1.48. The zero-order valence-electron chi connectivity index (χ0n) is 20.2. The lowest BCUT2D eigenvalue weighted by atomic mass is 9.59. The fraction of sp³-hybridized carbons (Fsp3) is 0.840. The fourth-order valence-corrected chi connectivity index (χ4v) is 7.88. The van der Waals surface area contributed by atoms with Crippen molar-refractivity contribution in [3.8, 4) is 0 Å². The molecule has 4 saturated carbocycles. The highest BCUT2D eigenvalue weighted by atomic mass is 16.6. The van der Waals surface area contributed by atoms with E-state index in [4.69, 9.17) is 9.47 Å². The van der Waals surface area contributed by atoms with Crippen molar-refractivity contribution in [3.05, 3.63) is 12.2 Å². The maximum Gasteiger partial charge on any atom is 0.305 e. The standard InChI is InChI=1S/C25H38O8/c1-7-18(28)33-20-21(32-13(3)26)25(31)16(10-17(27)22(25,4)5)12(2)14-8-9-15-19(29)24(14,20)11-23(15,6)30/h14-17,19-21,27,29-31H,2,7-11H2,1,3-6H3. The monoisotopic (exact) mass is 466 g/mol. The van der Waals surface area contributed by atoms with Gasteiger partial charge < -0.3 is 29.9 Å². The molecule has 0 amide bonds. The average Bonchev–Trinajstić information content (AvgIpc) is 2.93. The summed E-state index contributed by atoms with van der Waals surface area (Å²) in [6, 6.07) is 0. The van der Waals surface area contributed by atoms with Gasteiger partial charge >= 0.3 is 11.9 Å². The number of rotatable bonds is 3. The molecule has 0 aliphatic heterocycles. The van der Waals surface area contributed by atoms with Crippen molar-refractivity contribution in [2.75, 3.05) is 0 Å². The molecule has 4 N–H and O–H groups in total. The molecule has 0 aromatic rings. The highest BCUT2D eigenvalue weighted by Crippen LogP contribution is 2.69. The van der Waals surface area contributed by atoms with Gasteiger partial charge in [0.25, 0.3) is 0 Å². The molecule has 33 heavy (non-hydrogen) atoms. The Labute approximate surface area is 195 Å². The van der Waals surface area contributed by atoms with Crippen LogP contribution in [0.4, 0.5) is 0 Å². The van der Waals surface area contributed by atoms with Crippen molar-refractivity contribution in [1.82, 2.24) is 0 Å². The lowest BCUT2D eigenvalue weighted by Gasteiger charge is -2.51. The minimum absolute atomic E-state index is 0.0504. The first-order valence-corrected chi connectivity index (χ1v) is 12.0. The molecule has 4 fully saturated rings. The van der Waals surface area contributed by atoms with Crippen LogP contribution in [0.25, 0.3) is 0 Å². The van der Waals surface area contributed by atoms with E-state index in [1.807, 2.05) is 0 Å². The maximum atomic E-state index is 12.7. The van der Waals surface area contributed by atoms with Crippen molar-refractivity contribution >= 4 is 11.9 Å². The van der Waals surface area contributed by atoms with E-state index in [1.54, 1.807) is 27.7 Å².